The lowest BCUT2D eigenvalue weighted by Crippen LogP contribution is -2.44. The third-order valence-electron chi connectivity index (χ3n) is 4.71. The van der Waals surface area contributed by atoms with Crippen molar-refractivity contribution in [2.45, 2.75) is 32.9 Å². The van der Waals surface area contributed by atoms with Crippen LogP contribution in [-0.4, -0.2) is 61.5 Å². The largest absolute Gasteiger partial charge is 0.383 e. The molecule has 0 bridgehead atoms. The Morgan fingerprint density at radius 1 is 1.22 bits per heavy atom. The summed E-state index contributed by atoms with van der Waals surface area (Å²) < 4.78 is 11.9. The molecule has 176 valence electrons. The maximum absolute atomic E-state index is 12.6. The average Bonchev–Trinajstić information content (AvgIpc) is 2.75. The molecule has 1 aromatic carbocycles. The minimum atomic E-state index is -0.647. The summed E-state index contributed by atoms with van der Waals surface area (Å²) >= 11 is 0. The predicted octanol–water partition coefficient (Wildman–Crippen LogP) is 0.551. The van der Waals surface area contributed by atoms with E-state index in [4.69, 9.17) is 15.2 Å². The van der Waals surface area contributed by atoms with Crippen LogP contribution in [0.25, 0.3) is 0 Å². The fourth-order valence-electron chi connectivity index (χ4n) is 3.13. The van der Waals surface area contributed by atoms with E-state index < -0.39 is 11.2 Å². The molecule has 0 unspecified atom stereocenters. The van der Waals surface area contributed by atoms with Crippen LogP contribution in [0.15, 0.2) is 39.9 Å². The molecule has 2 rings (SSSR count). The van der Waals surface area contributed by atoms with Gasteiger partial charge in [-0.2, -0.15) is 0 Å². The second kappa shape index (κ2) is 12.7. The van der Waals surface area contributed by atoms with Gasteiger partial charge in [0.1, 0.15) is 11.5 Å². The van der Waals surface area contributed by atoms with Gasteiger partial charge in [-0.25, -0.2) is 4.79 Å². The van der Waals surface area contributed by atoms with Crippen LogP contribution in [0.3, 0.4) is 0 Å². The molecule has 1 heterocycles. The highest BCUT2D eigenvalue weighted by Gasteiger charge is 2.21. The first-order valence-electron chi connectivity index (χ1n) is 10.6. The molecule has 10 nitrogen and oxygen atoms in total. The van der Waals surface area contributed by atoms with E-state index in [2.05, 4.69) is 10.3 Å². The van der Waals surface area contributed by atoms with Crippen molar-refractivity contribution in [3.8, 4) is 0 Å². The summed E-state index contributed by atoms with van der Waals surface area (Å²) in [5.41, 5.74) is 5.92. The number of hydrogen-bond acceptors (Lipinski definition) is 7. The summed E-state index contributed by atoms with van der Waals surface area (Å²) in [5, 5.41) is 2.81. The highest BCUT2D eigenvalue weighted by molar-refractivity contribution is 5.82. The monoisotopic (exact) mass is 447 g/mol. The number of methoxy groups -OCH3 is 1. The molecule has 4 N–H and O–H groups in total. The molecule has 1 aromatic heterocycles. The van der Waals surface area contributed by atoms with Crippen LogP contribution in [0.5, 0.6) is 0 Å². The number of amides is 1. The van der Waals surface area contributed by atoms with E-state index in [-0.39, 0.29) is 49.8 Å². The van der Waals surface area contributed by atoms with Crippen molar-refractivity contribution >= 4 is 17.4 Å². The van der Waals surface area contributed by atoms with E-state index in [1.165, 1.54) is 16.6 Å². The molecule has 0 atom stereocenters. The number of carbonyl (C=O) groups is 1. The fourth-order valence-corrected chi connectivity index (χ4v) is 3.13. The van der Waals surface area contributed by atoms with E-state index in [9.17, 15) is 14.4 Å². The van der Waals surface area contributed by atoms with E-state index >= 15 is 0 Å². The number of benzene rings is 1. The number of nitrogens with zero attached hydrogens (tertiary/aromatic N) is 2. The third-order valence-corrected chi connectivity index (χ3v) is 4.71. The van der Waals surface area contributed by atoms with Crippen molar-refractivity contribution in [1.29, 1.82) is 0 Å². The summed E-state index contributed by atoms with van der Waals surface area (Å²) in [6, 6.07) is 9.29. The molecule has 0 aliphatic heterocycles. The number of aromatic nitrogens is 2. The Bertz CT molecular complexity index is 971. The van der Waals surface area contributed by atoms with Gasteiger partial charge >= 0.3 is 5.69 Å². The van der Waals surface area contributed by atoms with Gasteiger partial charge in [-0.15, -0.1) is 0 Å². The first-order valence-corrected chi connectivity index (χ1v) is 10.6. The maximum Gasteiger partial charge on any atom is 0.330 e. The fraction of sp³-hybridized carbons (Fsp3) is 0.500. The normalized spacial score (nSPS) is 11.0. The van der Waals surface area contributed by atoms with Crippen molar-refractivity contribution in [2.75, 3.05) is 50.6 Å². The van der Waals surface area contributed by atoms with Crippen molar-refractivity contribution in [3.05, 3.63) is 56.7 Å². The number of ether oxygens (including phenoxy) is 2. The van der Waals surface area contributed by atoms with Gasteiger partial charge in [0, 0.05) is 26.8 Å². The van der Waals surface area contributed by atoms with Gasteiger partial charge in [-0.3, -0.25) is 19.1 Å². The van der Waals surface area contributed by atoms with Crippen LogP contribution >= 0.6 is 0 Å². The number of anilines is 2. The Balaban J connectivity index is 2.20. The van der Waals surface area contributed by atoms with Gasteiger partial charge in [0.15, 0.2) is 0 Å². The van der Waals surface area contributed by atoms with Gasteiger partial charge in [-0.1, -0.05) is 30.3 Å². The van der Waals surface area contributed by atoms with Crippen LogP contribution in [0.2, 0.25) is 0 Å². The van der Waals surface area contributed by atoms with Crippen LogP contribution in [-0.2, 0) is 20.8 Å². The van der Waals surface area contributed by atoms with E-state index in [1.807, 2.05) is 44.2 Å². The average molecular weight is 448 g/mol. The molecule has 10 heteroatoms. The number of nitrogen functional groups attached to an aromatic ring is 1. The second-order valence-electron chi connectivity index (χ2n) is 7.60. The number of aromatic amines is 1. The number of nitrogens with one attached hydrogen (secondary N) is 2. The Kier molecular flexibility index (Phi) is 9.96. The summed E-state index contributed by atoms with van der Waals surface area (Å²) in [6.07, 6.45) is 0.809. The maximum atomic E-state index is 12.6. The topological polar surface area (TPSA) is 132 Å². The minimum absolute atomic E-state index is 0.00293. The van der Waals surface area contributed by atoms with Crippen LogP contribution in [0.4, 0.5) is 11.5 Å². The Labute approximate surface area is 187 Å². The quantitative estimate of drug-likeness (QED) is 0.382. The summed E-state index contributed by atoms with van der Waals surface area (Å²) in [5.74, 6) is -0.276. The first kappa shape index (κ1) is 25.2. The number of nitrogens with two attached hydrogens (primary N) is 1. The molecule has 2 aromatic rings. The van der Waals surface area contributed by atoms with E-state index in [0.717, 1.165) is 5.56 Å². The molecule has 32 heavy (non-hydrogen) atoms. The predicted molar refractivity (Wildman–Crippen MR) is 124 cm³/mol. The molecule has 0 saturated carbocycles. The van der Waals surface area contributed by atoms with Crippen LogP contribution in [0, 0.1) is 0 Å². The highest BCUT2D eigenvalue weighted by atomic mass is 16.5. The first-order chi connectivity index (χ1) is 15.3. The Morgan fingerprint density at radius 2 is 1.94 bits per heavy atom. The standard InChI is InChI=1S/C22H33N5O5/c1-16(2)32-12-7-10-24-18(28)15-26(11-13-31-3)19-20(23)27(22(30)25-21(19)29)14-17-8-5-4-6-9-17/h4-6,8-9,16H,7,10-15,23H2,1-3H3,(H,24,28)(H,25,29,30). The molecule has 0 spiro atoms. The van der Waals surface area contributed by atoms with Crippen molar-refractivity contribution < 1.29 is 14.3 Å². The molecular formula is C22H33N5O5. The number of hydrogen-bond donors (Lipinski definition) is 3. The SMILES string of the molecule is COCCN(CC(=O)NCCCOC(C)C)c1c(N)n(Cc2ccccc2)c(=O)[nH]c1=O. The molecule has 0 radical (unpaired) electrons. The van der Waals surface area contributed by atoms with Crippen LogP contribution in [0.1, 0.15) is 25.8 Å². The molecule has 0 fully saturated rings. The number of H-pyrrole nitrogens is 1. The van der Waals surface area contributed by atoms with Gasteiger partial charge in [0.25, 0.3) is 5.56 Å². The van der Waals surface area contributed by atoms with Crippen molar-refractivity contribution in [3.63, 3.8) is 0 Å². The zero-order valence-electron chi connectivity index (χ0n) is 18.9. The van der Waals surface area contributed by atoms with Crippen molar-refractivity contribution in [2.24, 2.45) is 0 Å². The molecular weight excluding hydrogens is 414 g/mol. The van der Waals surface area contributed by atoms with Gasteiger partial charge in [0.05, 0.1) is 25.8 Å². The molecule has 0 saturated heterocycles. The summed E-state index contributed by atoms with van der Waals surface area (Å²) in [7, 11) is 1.52. The van der Waals surface area contributed by atoms with Crippen molar-refractivity contribution in [1.82, 2.24) is 14.9 Å². The second-order valence-corrected chi connectivity index (χ2v) is 7.60. The molecule has 0 aliphatic rings. The summed E-state index contributed by atoms with van der Waals surface area (Å²) in [6.45, 7) is 5.49. The van der Waals surface area contributed by atoms with Crippen LogP contribution < -0.4 is 27.2 Å². The Hall–Kier alpha value is -3.11. The smallest absolute Gasteiger partial charge is 0.330 e. The van der Waals surface area contributed by atoms with E-state index in [0.29, 0.717) is 19.6 Å². The van der Waals surface area contributed by atoms with Gasteiger partial charge < -0.3 is 25.4 Å². The van der Waals surface area contributed by atoms with Gasteiger partial charge in [-0.05, 0) is 25.8 Å². The Morgan fingerprint density at radius 3 is 2.59 bits per heavy atom. The summed E-state index contributed by atoms with van der Waals surface area (Å²) in [4.78, 5) is 41.4. The number of rotatable bonds is 13. The minimum Gasteiger partial charge on any atom is -0.383 e. The zero-order chi connectivity index (χ0) is 23.5. The third kappa shape index (κ3) is 7.54. The zero-order valence-corrected chi connectivity index (χ0v) is 18.9. The molecule has 1 amide bonds. The molecule has 0 aliphatic carbocycles. The lowest BCUT2D eigenvalue weighted by molar-refractivity contribution is -0.119. The lowest BCUT2D eigenvalue weighted by atomic mass is 10.2. The van der Waals surface area contributed by atoms with Gasteiger partial charge in [0.2, 0.25) is 5.91 Å². The highest BCUT2D eigenvalue weighted by Crippen LogP contribution is 2.17. The van der Waals surface area contributed by atoms with E-state index in [1.54, 1.807) is 0 Å². The number of carbonyl (C=O) groups excluding carboxylic acids is 1. The lowest BCUT2D eigenvalue weighted by Gasteiger charge is -2.25.